The van der Waals surface area contributed by atoms with Crippen molar-refractivity contribution >= 4 is 58.4 Å². The fourth-order valence-corrected chi connectivity index (χ4v) is 4.90. The van der Waals surface area contributed by atoms with Gasteiger partial charge < -0.3 is 44.6 Å². The van der Waals surface area contributed by atoms with Crippen molar-refractivity contribution in [3.05, 3.63) is 105 Å². The molecule has 0 atom stereocenters. The fourth-order valence-electron chi connectivity index (χ4n) is 4.51. The zero-order valence-corrected chi connectivity index (χ0v) is 35.1. The number of hydrogen-bond donors (Lipinski definition) is 3. The number of amides is 1. The average molecular weight is 830 g/mol. The molecule has 1 amide bonds. The van der Waals surface area contributed by atoms with Gasteiger partial charge in [-0.15, -0.1) is 0 Å². The minimum absolute atomic E-state index is 0.0886. The molecule has 0 saturated carbocycles. The zero-order chi connectivity index (χ0) is 43.0. The van der Waals surface area contributed by atoms with Crippen LogP contribution < -0.4 is 30.0 Å². The van der Waals surface area contributed by atoms with E-state index >= 15 is 0 Å². The lowest BCUT2D eigenvalue weighted by Gasteiger charge is -2.18. The van der Waals surface area contributed by atoms with E-state index in [2.05, 4.69) is 14.8 Å². The molecular weight excluding hydrogens is 779 g/mol. The van der Waals surface area contributed by atoms with Gasteiger partial charge in [0.25, 0.3) is 5.91 Å². The monoisotopic (exact) mass is 828 g/mol. The maximum atomic E-state index is 12.7. The van der Waals surface area contributed by atoms with Gasteiger partial charge in [-0.1, -0.05) is 23.2 Å². The van der Waals surface area contributed by atoms with Crippen LogP contribution in [0.2, 0.25) is 10.0 Å². The van der Waals surface area contributed by atoms with Crippen LogP contribution in [0.3, 0.4) is 0 Å². The predicted molar refractivity (Wildman–Crippen MR) is 221 cm³/mol. The molecule has 4 aromatic carbocycles. The Balaban J connectivity index is 0.000000329. The molecule has 4 rings (SSSR count). The Labute approximate surface area is 343 Å². The number of aromatic carboxylic acids is 1. The smallest absolute Gasteiger partial charge is 0.337 e. The molecule has 0 saturated heterocycles. The summed E-state index contributed by atoms with van der Waals surface area (Å²) in [5.41, 5.74) is 7.93. The highest BCUT2D eigenvalue weighted by atomic mass is 35.5. The molecule has 4 N–H and O–H groups in total. The van der Waals surface area contributed by atoms with Gasteiger partial charge in [0.1, 0.15) is 33.0 Å². The van der Waals surface area contributed by atoms with E-state index in [0.29, 0.717) is 61.1 Å². The van der Waals surface area contributed by atoms with Gasteiger partial charge in [0.2, 0.25) is 0 Å². The van der Waals surface area contributed by atoms with Gasteiger partial charge in [-0.3, -0.25) is 4.79 Å². The molecule has 57 heavy (non-hydrogen) atoms. The predicted octanol–water partition coefficient (Wildman–Crippen LogP) is 9.62. The van der Waals surface area contributed by atoms with E-state index in [-0.39, 0.29) is 41.9 Å². The summed E-state index contributed by atoms with van der Waals surface area (Å²) in [6.07, 6.45) is -0.431. The molecule has 0 heterocycles. The van der Waals surface area contributed by atoms with Crippen LogP contribution in [0.5, 0.6) is 23.0 Å². The third kappa shape index (κ3) is 15.8. The molecule has 4 aromatic rings. The number of carbonyl (C=O) groups is 4. The summed E-state index contributed by atoms with van der Waals surface area (Å²) < 4.78 is 31.6. The number of nitrogens with two attached hydrogens (primary N) is 1. The molecule has 15 heteroatoms. The lowest BCUT2D eigenvalue weighted by atomic mass is 10.1. The number of hydrogen-bond acceptors (Lipinski definition) is 11. The molecule has 308 valence electrons. The van der Waals surface area contributed by atoms with Gasteiger partial charge in [0.05, 0.1) is 55.3 Å². The van der Waals surface area contributed by atoms with E-state index < -0.39 is 11.9 Å². The lowest BCUT2D eigenvalue weighted by molar-refractivity contribution is 0.0592. The molecule has 0 spiro atoms. The number of nitrogens with one attached hydrogen (secondary N) is 1. The second-order valence-electron chi connectivity index (χ2n) is 13.2. The summed E-state index contributed by atoms with van der Waals surface area (Å²) in [5, 5.41) is 12.4. The minimum atomic E-state index is -1.05. The number of anilines is 2. The van der Waals surface area contributed by atoms with E-state index in [0.717, 1.165) is 0 Å². The van der Waals surface area contributed by atoms with E-state index in [9.17, 15) is 19.2 Å². The summed E-state index contributed by atoms with van der Waals surface area (Å²) in [7, 11) is 2.66. The molecule has 0 fully saturated rings. The summed E-state index contributed by atoms with van der Waals surface area (Å²) in [6.45, 7) is 14.8. The highest BCUT2D eigenvalue weighted by Gasteiger charge is 2.19. The van der Waals surface area contributed by atoms with Crippen LogP contribution in [-0.4, -0.2) is 67.6 Å². The van der Waals surface area contributed by atoms with Crippen LogP contribution in [0.15, 0.2) is 72.8 Å². The Hall–Kier alpha value is -5.66. The number of benzene rings is 4. The highest BCUT2D eigenvalue weighted by molar-refractivity contribution is 6.34. The third-order valence-corrected chi connectivity index (χ3v) is 7.61. The molecule has 0 aromatic heterocycles. The molecule has 0 bridgehead atoms. The van der Waals surface area contributed by atoms with Crippen molar-refractivity contribution in [3.8, 4) is 23.0 Å². The first-order valence-electron chi connectivity index (χ1n) is 17.8. The van der Waals surface area contributed by atoms with Gasteiger partial charge in [0, 0.05) is 16.9 Å². The first-order valence-corrected chi connectivity index (χ1v) is 18.5. The second-order valence-corrected chi connectivity index (χ2v) is 13.9. The molecule has 0 aliphatic rings. The van der Waals surface area contributed by atoms with Crippen LogP contribution in [0.25, 0.3) is 0 Å². The first-order chi connectivity index (χ1) is 26.7. The first kappa shape index (κ1) is 47.5. The van der Waals surface area contributed by atoms with E-state index in [1.807, 2.05) is 55.4 Å². The summed E-state index contributed by atoms with van der Waals surface area (Å²) in [6, 6.07) is 18.9. The Morgan fingerprint density at radius 1 is 0.544 bits per heavy atom. The number of carboxylic acids is 1. The van der Waals surface area contributed by atoms with E-state index in [1.54, 1.807) is 60.7 Å². The van der Waals surface area contributed by atoms with Gasteiger partial charge in [-0.25, -0.2) is 14.4 Å². The normalized spacial score (nSPS) is 10.5. The maximum Gasteiger partial charge on any atom is 0.337 e. The Bertz CT molecular complexity index is 1900. The number of nitrogen functional groups attached to an aromatic ring is 1. The number of methoxy groups -OCH3 is 2. The number of carbonyl (C=O) groups excluding carboxylic acids is 3. The zero-order valence-electron chi connectivity index (χ0n) is 33.6. The molecule has 13 nitrogen and oxygen atoms in total. The van der Waals surface area contributed by atoms with Gasteiger partial charge in [-0.05, 0) is 128 Å². The molecule has 0 aliphatic carbocycles. The number of carboxylic acid groups (broad SMARTS) is 1. The molecule has 0 radical (unpaired) electrons. The molecule has 0 aliphatic heterocycles. The summed E-state index contributed by atoms with van der Waals surface area (Å²) >= 11 is 12.5. The maximum absolute atomic E-state index is 12.7. The quantitative estimate of drug-likeness (QED) is 0.0859. The highest BCUT2D eigenvalue weighted by Crippen LogP contribution is 2.38. The van der Waals surface area contributed by atoms with Crippen LogP contribution in [-0.2, 0) is 9.47 Å². The van der Waals surface area contributed by atoms with Crippen molar-refractivity contribution < 1.29 is 52.7 Å². The average Bonchev–Trinajstić information content (AvgIpc) is 3.14. The van der Waals surface area contributed by atoms with Crippen molar-refractivity contribution in [1.29, 1.82) is 0 Å². The van der Waals surface area contributed by atoms with Crippen molar-refractivity contribution in [1.82, 2.24) is 0 Å². The second kappa shape index (κ2) is 22.8. The van der Waals surface area contributed by atoms with Gasteiger partial charge in [0.15, 0.2) is 0 Å². The Morgan fingerprint density at radius 2 is 0.860 bits per heavy atom. The van der Waals surface area contributed by atoms with E-state index in [4.69, 9.17) is 53.0 Å². The van der Waals surface area contributed by atoms with Crippen molar-refractivity contribution in [3.63, 3.8) is 0 Å². The van der Waals surface area contributed by atoms with Crippen LogP contribution in [0, 0.1) is 0 Å². The number of esters is 2. The number of halogens is 2. The van der Waals surface area contributed by atoms with Crippen molar-refractivity contribution in [2.75, 3.05) is 25.3 Å². The molecular formula is C42H50Cl2N2O11. The largest absolute Gasteiger partial charge is 0.489 e. The Morgan fingerprint density at radius 3 is 1.16 bits per heavy atom. The summed E-state index contributed by atoms with van der Waals surface area (Å²) in [4.78, 5) is 46.1. The topological polar surface area (TPSA) is 182 Å². The molecule has 0 unspecified atom stereocenters. The summed E-state index contributed by atoms with van der Waals surface area (Å²) in [5.74, 6) is -0.795. The van der Waals surface area contributed by atoms with Crippen LogP contribution in [0.1, 0.15) is 96.8 Å². The van der Waals surface area contributed by atoms with Crippen molar-refractivity contribution in [2.24, 2.45) is 0 Å². The third-order valence-electron chi connectivity index (χ3n) is 6.87. The van der Waals surface area contributed by atoms with E-state index in [1.165, 1.54) is 26.4 Å². The Kier molecular flexibility index (Phi) is 19.0. The fraction of sp³-hybridized carbons (Fsp3) is 0.333. The SMILES string of the molecule is CC(C)Oc1cc(C(=O)O)cc(OC(C)C)c1Cl.COC(=O)c1ccc(N)cc1.COC(=O)c1ccc(NC(=O)c2cc(OC(C)C)c(Cl)c(OC(C)C)c2)cc1. The van der Waals surface area contributed by atoms with Gasteiger partial charge in [-0.2, -0.15) is 0 Å². The lowest BCUT2D eigenvalue weighted by Crippen LogP contribution is -2.15. The van der Waals surface area contributed by atoms with Crippen LogP contribution >= 0.6 is 23.2 Å². The van der Waals surface area contributed by atoms with Crippen molar-refractivity contribution in [2.45, 2.75) is 79.8 Å². The minimum Gasteiger partial charge on any atom is -0.489 e. The van der Waals surface area contributed by atoms with Gasteiger partial charge >= 0.3 is 17.9 Å². The number of rotatable bonds is 13. The standard InChI is InChI=1S/C21H24ClNO5.C13H17ClO4.C8H9NO2/c1-12(2)27-17-10-15(11-18(19(17)22)28-13(3)4)20(24)23-16-8-6-14(7-9-16)21(25)26-5;1-7(2)17-10-5-9(13(15)16)6-11(12(10)14)18-8(3)4;1-11-8(10)6-2-4-7(9)5-3-6/h6-13H,1-5H3,(H,23,24);5-8H,1-4H3,(H,15,16);2-5H,9H2,1H3. The number of ether oxygens (including phenoxy) is 6. The van der Waals surface area contributed by atoms with Crippen LogP contribution in [0.4, 0.5) is 11.4 Å².